The molecule has 5 rings (SSSR count). The van der Waals surface area contributed by atoms with Gasteiger partial charge in [0.15, 0.2) is 0 Å². The summed E-state index contributed by atoms with van der Waals surface area (Å²) in [6, 6.07) is 10.4. The van der Waals surface area contributed by atoms with Crippen LogP contribution in [0.2, 0.25) is 0 Å². The van der Waals surface area contributed by atoms with E-state index in [0.717, 1.165) is 24.8 Å². The van der Waals surface area contributed by atoms with Crippen LogP contribution in [-0.2, 0) is 0 Å². The number of anilines is 3. The van der Waals surface area contributed by atoms with E-state index >= 15 is 0 Å². The number of benzene rings is 1. The summed E-state index contributed by atoms with van der Waals surface area (Å²) in [6.45, 7) is 1.49. The lowest BCUT2D eigenvalue weighted by molar-refractivity contribution is 0.0696. The second kappa shape index (κ2) is 9.15. The maximum absolute atomic E-state index is 14.8. The minimum atomic E-state index is -1.23. The first-order chi connectivity index (χ1) is 16.9. The molecule has 1 fully saturated rings. The van der Waals surface area contributed by atoms with Crippen LogP contribution in [0.25, 0.3) is 22.2 Å². The number of fused-ring (bicyclic) bond motifs is 1. The van der Waals surface area contributed by atoms with Gasteiger partial charge in [-0.15, -0.1) is 0 Å². The molecule has 0 saturated carbocycles. The zero-order valence-electron chi connectivity index (χ0n) is 18.5. The summed E-state index contributed by atoms with van der Waals surface area (Å²) in [5.41, 5.74) is 1.47. The van der Waals surface area contributed by atoms with E-state index in [2.05, 4.69) is 25.2 Å². The van der Waals surface area contributed by atoms with E-state index in [9.17, 15) is 19.1 Å². The SMILES string of the molecule is O=C(O)c1ccc(-c2cc(Nc3ccc(N4CCC(O)CC4)cn3)c3c(=O)[nH]ccc3n2)c(F)c1. The molecule has 9 nitrogen and oxygen atoms in total. The number of hydrogen-bond acceptors (Lipinski definition) is 7. The number of halogens is 1. The molecule has 35 heavy (non-hydrogen) atoms. The predicted molar refractivity (Wildman–Crippen MR) is 130 cm³/mol. The molecule has 0 spiro atoms. The highest BCUT2D eigenvalue weighted by Gasteiger charge is 2.18. The quantitative estimate of drug-likeness (QED) is 0.345. The molecular weight excluding hydrogens is 453 g/mol. The number of aromatic carboxylic acids is 1. The van der Waals surface area contributed by atoms with Gasteiger partial charge in [0.25, 0.3) is 5.56 Å². The number of piperidine rings is 1. The van der Waals surface area contributed by atoms with Gasteiger partial charge in [-0.3, -0.25) is 4.79 Å². The Morgan fingerprint density at radius 2 is 1.94 bits per heavy atom. The molecule has 1 aliphatic rings. The van der Waals surface area contributed by atoms with E-state index in [1.807, 2.05) is 6.07 Å². The van der Waals surface area contributed by atoms with Gasteiger partial charge in [-0.25, -0.2) is 19.2 Å². The largest absolute Gasteiger partial charge is 0.478 e. The number of carboxylic acids is 1. The van der Waals surface area contributed by atoms with Crippen LogP contribution in [0, 0.1) is 5.82 Å². The van der Waals surface area contributed by atoms with Crippen molar-refractivity contribution in [2.24, 2.45) is 0 Å². The fraction of sp³-hybridized carbons (Fsp3) is 0.200. The van der Waals surface area contributed by atoms with Gasteiger partial charge in [0.2, 0.25) is 0 Å². The summed E-state index contributed by atoms with van der Waals surface area (Å²) in [5.74, 6) is -1.48. The van der Waals surface area contributed by atoms with E-state index in [1.165, 1.54) is 24.4 Å². The lowest BCUT2D eigenvalue weighted by atomic mass is 10.1. The van der Waals surface area contributed by atoms with Crippen molar-refractivity contribution in [1.82, 2.24) is 15.0 Å². The number of aromatic nitrogens is 3. The fourth-order valence-corrected chi connectivity index (χ4v) is 4.19. The van der Waals surface area contributed by atoms with Crippen molar-refractivity contribution in [2.45, 2.75) is 18.9 Å². The number of aliphatic hydroxyl groups excluding tert-OH is 1. The second-order valence-electron chi connectivity index (χ2n) is 8.37. The molecule has 10 heteroatoms. The molecule has 4 heterocycles. The van der Waals surface area contributed by atoms with Gasteiger partial charge in [0, 0.05) is 24.8 Å². The first kappa shape index (κ1) is 22.5. The number of pyridine rings is 3. The van der Waals surface area contributed by atoms with E-state index in [1.54, 1.807) is 18.3 Å². The highest BCUT2D eigenvalue weighted by molar-refractivity contribution is 5.95. The first-order valence-corrected chi connectivity index (χ1v) is 11.1. The fourth-order valence-electron chi connectivity index (χ4n) is 4.19. The van der Waals surface area contributed by atoms with Crippen molar-refractivity contribution in [2.75, 3.05) is 23.3 Å². The third-order valence-electron chi connectivity index (χ3n) is 6.06. The molecule has 0 atom stereocenters. The first-order valence-electron chi connectivity index (χ1n) is 11.1. The average molecular weight is 475 g/mol. The topological polar surface area (TPSA) is 131 Å². The summed E-state index contributed by atoms with van der Waals surface area (Å²) in [7, 11) is 0. The van der Waals surface area contributed by atoms with Crippen molar-refractivity contribution in [3.63, 3.8) is 0 Å². The molecule has 4 aromatic rings. The number of carbonyl (C=O) groups is 1. The lowest BCUT2D eigenvalue weighted by Crippen LogP contribution is -2.35. The van der Waals surface area contributed by atoms with Gasteiger partial charge >= 0.3 is 5.97 Å². The standard InChI is InChI=1S/C25H22FN5O4/c26-18-11-14(25(34)35)1-3-17(18)20-12-21(23-19(29-20)5-8-27-24(23)33)30-22-4-2-15(13-28-22)31-9-6-16(32)7-10-31/h1-5,8,11-13,16,32H,6-7,9-10H2,(H,27,33)(H,34,35)(H,28,29,30). The van der Waals surface area contributed by atoms with Crippen molar-refractivity contribution < 1.29 is 19.4 Å². The van der Waals surface area contributed by atoms with Crippen molar-refractivity contribution >= 4 is 34.1 Å². The monoisotopic (exact) mass is 475 g/mol. The number of nitrogens with zero attached hydrogens (tertiary/aromatic N) is 3. The Labute approximate surface area is 198 Å². The van der Waals surface area contributed by atoms with Crippen LogP contribution < -0.4 is 15.8 Å². The molecule has 0 aliphatic carbocycles. The molecule has 0 radical (unpaired) electrons. The summed E-state index contributed by atoms with van der Waals surface area (Å²) in [5, 5.41) is 22.3. The van der Waals surface area contributed by atoms with E-state index in [-0.39, 0.29) is 33.9 Å². The molecule has 4 N–H and O–H groups in total. The molecule has 3 aromatic heterocycles. The summed E-state index contributed by atoms with van der Waals surface area (Å²) >= 11 is 0. The van der Waals surface area contributed by atoms with Crippen LogP contribution in [0.1, 0.15) is 23.2 Å². The van der Waals surface area contributed by atoms with Gasteiger partial charge in [-0.1, -0.05) is 0 Å². The third kappa shape index (κ3) is 4.56. The Hall–Kier alpha value is -4.31. The van der Waals surface area contributed by atoms with Gasteiger partial charge in [0.05, 0.1) is 45.8 Å². The number of H-pyrrole nitrogens is 1. The van der Waals surface area contributed by atoms with E-state index in [4.69, 9.17) is 5.11 Å². The number of carboxylic acid groups (broad SMARTS) is 1. The van der Waals surface area contributed by atoms with Crippen molar-refractivity contribution in [3.8, 4) is 11.3 Å². The Morgan fingerprint density at radius 1 is 1.14 bits per heavy atom. The Balaban J connectivity index is 1.51. The maximum Gasteiger partial charge on any atom is 0.335 e. The van der Waals surface area contributed by atoms with Crippen molar-refractivity contribution in [1.29, 1.82) is 0 Å². The molecule has 1 aliphatic heterocycles. The highest BCUT2D eigenvalue weighted by Crippen LogP contribution is 2.30. The van der Waals surface area contributed by atoms with Gasteiger partial charge in [-0.05, 0) is 55.3 Å². The van der Waals surface area contributed by atoms with Crippen LogP contribution in [0.4, 0.5) is 21.6 Å². The van der Waals surface area contributed by atoms with Gasteiger partial charge in [0.1, 0.15) is 11.6 Å². The van der Waals surface area contributed by atoms with E-state index in [0.29, 0.717) is 29.9 Å². The average Bonchev–Trinajstić information content (AvgIpc) is 2.85. The summed E-state index contributed by atoms with van der Waals surface area (Å²) in [6.07, 6.45) is 4.32. The van der Waals surface area contributed by atoms with Gasteiger partial charge < -0.3 is 25.4 Å². The maximum atomic E-state index is 14.8. The Morgan fingerprint density at radius 3 is 2.63 bits per heavy atom. The minimum absolute atomic E-state index is 0.107. The molecule has 0 amide bonds. The van der Waals surface area contributed by atoms with Crippen LogP contribution in [0.3, 0.4) is 0 Å². The van der Waals surface area contributed by atoms with Crippen LogP contribution in [0.15, 0.2) is 59.7 Å². The number of aromatic amines is 1. The number of rotatable bonds is 5. The number of aliphatic hydroxyl groups is 1. The third-order valence-corrected chi connectivity index (χ3v) is 6.06. The van der Waals surface area contributed by atoms with Crippen molar-refractivity contribution in [3.05, 3.63) is 76.6 Å². The van der Waals surface area contributed by atoms with Crippen LogP contribution in [0.5, 0.6) is 0 Å². The number of hydrogen-bond donors (Lipinski definition) is 4. The predicted octanol–water partition coefficient (Wildman–Crippen LogP) is 3.53. The van der Waals surface area contributed by atoms with Gasteiger partial charge in [-0.2, -0.15) is 0 Å². The summed E-state index contributed by atoms with van der Waals surface area (Å²) < 4.78 is 14.8. The highest BCUT2D eigenvalue weighted by atomic mass is 19.1. The van der Waals surface area contributed by atoms with Crippen LogP contribution in [-0.4, -0.2) is 50.3 Å². The Kier molecular flexibility index (Phi) is 5.87. The minimum Gasteiger partial charge on any atom is -0.478 e. The molecule has 1 saturated heterocycles. The molecule has 178 valence electrons. The zero-order valence-corrected chi connectivity index (χ0v) is 18.5. The Bertz CT molecular complexity index is 1460. The molecule has 0 bridgehead atoms. The smallest absolute Gasteiger partial charge is 0.335 e. The van der Waals surface area contributed by atoms with Crippen LogP contribution >= 0.6 is 0 Å². The second-order valence-corrected chi connectivity index (χ2v) is 8.37. The lowest BCUT2D eigenvalue weighted by Gasteiger charge is -2.31. The number of nitrogens with one attached hydrogen (secondary N) is 2. The molecule has 0 unspecified atom stereocenters. The zero-order chi connectivity index (χ0) is 24.5. The normalized spacial score (nSPS) is 14.3. The molecule has 1 aromatic carbocycles. The van der Waals surface area contributed by atoms with E-state index < -0.39 is 11.8 Å². The summed E-state index contributed by atoms with van der Waals surface area (Å²) in [4.78, 5) is 37.4. The molecular formula is C25H22FN5O4.